The third-order valence-electron chi connectivity index (χ3n) is 6.79. The van der Waals surface area contributed by atoms with E-state index in [-0.39, 0.29) is 18.8 Å². The molecule has 1 atom stereocenters. The molecule has 5 heteroatoms. The topological polar surface area (TPSA) is 65.0 Å². The number of hydrogen-bond donors (Lipinski definition) is 1. The van der Waals surface area contributed by atoms with E-state index in [4.69, 9.17) is 19.3 Å². The second kappa shape index (κ2) is 9.17. The second-order valence-electron chi connectivity index (χ2n) is 9.12. The van der Waals surface area contributed by atoms with Crippen molar-refractivity contribution in [2.45, 2.75) is 31.2 Å². The van der Waals surface area contributed by atoms with Crippen LogP contribution in [-0.2, 0) is 12.2 Å². The molecular formula is C31H26O5. The molecule has 1 unspecified atom stereocenters. The van der Waals surface area contributed by atoms with Crippen molar-refractivity contribution >= 4 is 5.78 Å². The number of aliphatic hydroxyl groups is 1. The summed E-state index contributed by atoms with van der Waals surface area (Å²) >= 11 is 0. The number of carbonyl (C=O) groups excluding carboxylic acids is 1. The van der Waals surface area contributed by atoms with E-state index >= 15 is 0 Å². The molecule has 36 heavy (non-hydrogen) atoms. The molecule has 1 N–H and O–H groups in total. The van der Waals surface area contributed by atoms with Gasteiger partial charge in [0, 0.05) is 17.7 Å². The lowest BCUT2D eigenvalue weighted by Crippen LogP contribution is -2.36. The minimum absolute atomic E-state index is 0.00827. The van der Waals surface area contributed by atoms with E-state index in [1.54, 1.807) is 12.1 Å². The van der Waals surface area contributed by atoms with Crippen molar-refractivity contribution in [1.29, 1.82) is 0 Å². The Morgan fingerprint density at radius 1 is 0.778 bits per heavy atom. The maximum absolute atomic E-state index is 13.2. The zero-order valence-electron chi connectivity index (χ0n) is 19.7. The first-order chi connectivity index (χ1) is 17.7. The van der Waals surface area contributed by atoms with Crippen molar-refractivity contribution in [3.05, 3.63) is 125 Å². The fourth-order valence-electron chi connectivity index (χ4n) is 4.93. The van der Waals surface area contributed by atoms with E-state index in [1.165, 1.54) is 0 Å². The Bertz CT molecular complexity index is 1340. The Kier molecular flexibility index (Phi) is 5.70. The molecule has 4 aromatic carbocycles. The summed E-state index contributed by atoms with van der Waals surface area (Å²) in [6.07, 6.45) is 1.36. The van der Waals surface area contributed by atoms with Gasteiger partial charge < -0.3 is 19.3 Å². The number of rotatable bonds is 6. The fraction of sp³-hybridized carbons (Fsp3) is 0.194. The molecule has 4 aromatic rings. The van der Waals surface area contributed by atoms with Crippen molar-refractivity contribution < 1.29 is 24.1 Å². The number of Topliss-reactive ketones (excluding diaryl/α,β-unsaturated/α-hetero) is 1. The van der Waals surface area contributed by atoms with E-state index in [0.717, 1.165) is 35.1 Å². The van der Waals surface area contributed by atoms with Gasteiger partial charge in [-0.25, -0.2) is 0 Å². The molecular weight excluding hydrogens is 452 g/mol. The lowest BCUT2D eigenvalue weighted by Gasteiger charge is -2.29. The number of aliphatic hydroxyl groups excluding tert-OH is 1. The van der Waals surface area contributed by atoms with Crippen LogP contribution in [0.1, 0.15) is 51.6 Å². The average molecular weight is 479 g/mol. The normalized spacial score (nSPS) is 17.4. The molecule has 2 aliphatic rings. The zero-order valence-corrected chi connectivity index (χ0v) is 19.7. The molecule has 0 amide bonds. The molecule has 0 fully saturated rings. The molecule has 180 valence electrons. The van der Waals surface area contributed by atoms with Crippen molar-refractivity contribution in [3.8, 4) is 17.2 Å². The third kappa shape index (κ3) is 3.82. The van der Waals surface area contributed by atoms with Gasteiger partial charge in [0.1, 0.15) is 6.10 Å². The van der Waals surface area contributed by atoms with Gasteiger partial charge in [0.05, 0.1) is 12.0 Å². The number of ketones is 1. The zero-order chi connectivity index (χ0) is 24.5. The molecule has 0 saturated heterocycles. The smallest absolute Gasteiger partial charge is 0.305 e. The lowest BCUT2D eigenvalue weighted by molar-refractivity contribution is -0.0473. The summed E-state index contributed by atoms with van der Waals surface area (Å²) in [5.74, 6) is 0.223. The molecule has 2 aliphatic heterocycles. The van der Waals surface area contributed by atoms with Crippen molar-refractivity contribution in [2.24, 2.45) is 0 Å². The maximum atomic E-state index is 13.2. The van der Waals surface area contributed by atoms with Crippen LogP contribution in [0.25, 0.3) is 0 Å². The van der Waals surface area contributed by atoms with Gasteiger partial charge in [-0.2, -0.15) is 0 Å². The lowest BCUT2D eigenvalue weighted by atomic mass is 9.95. The van der Waals surface area contributed by atoms with Crippen LogP contribution in [0.5, 0.6) is 17.2 Å². The maximum Gasteiger partial charge on any atom is 0.305 e. The Morgan fingerprint density at radius 2 is 1.44 bits per heavy atom. The number of ether oxygens (including phenoxy) is 3. The quantitative estimate of drug-likeness (QED) is 0.369. The fourth-order valence-corrected chi connectivity index (χ4v) is 4.93. The summed E-state index contributed by atoms with van der Waals surface area (Å²) in [6, 6.07) is 31.2. The van der Waals surface area contributed by atoms with Crippen LogP contribution in [0.4, 0.5) is 0 Å². The van der Waals surface area contributed by atoms with E-state index in [1.807, 2.05) is 84.9 Å². The van der Waals surface area contributed by atoms with E-state index in [0.29, 0.717) is 22.8 Å². The van der Waals surface area contributed by atoms with Crippen molar-refractivity contribution in [3.63, 3.8) is 0 Å². The minimum atomic E-state index is -1.19. The van der Waals surface area contributed by atoms with Gasteiger partial charge in [-0.05, 0) is 36.1 Å². The number of benzene rings is 4. The molecule has 0 spiro atoms. The minimum Gasteiger partial charge on any atom is -0.480 e. The average Bonchev–Trinajstić information content (AvgIpc) is 3.35. The number of fused-ring (bicyclic) bond motifs is 3. The highest BCUT2D eigenvalue weighted by Gasteiger charge is 2.48. The van der Waals surface area contributed by atoms with Gasteiger partial charge in [-0.3, -0.25) is 4.79 Å². The Balaban J connectivity index is 1.38. The summed E-state index contributed by atoms with van der Waals surface area (Å²) in [5, 5.41) is 9.09. The molecule has 2 heterocycles. The van der Waals surface area contributed by atoms with Crippen LogP contribution in [0.3, 0.4) is 0 Å². The highest BCUT2D eigenvalue weighted by Crippen LogP contribution is 2.55. The SMILES string of the molecule is O=C1CC(c2ccc(CCCO)cc2)Oc2c1ccc1c2OC(c2ccccc2)(c2ccccc2)O1. The van der Waals surface area contributed by atoms with Crippen LogP contribution in [0.2, 0.25) is 0 Å². The highest BCUT2D eigenvalue weighted by atomic mass is 16.7. The first-order valence-electron chi connectivity index (χ1n) is 12.2. The van der Waals surface area contributed by atoms with E-state index < -0.39 is 11.9 Å². The standard InChI is InChI=1S/C31H26O5/c32-19-7-8-21-13-15-22(16-14-21)28-20-26(33)25-17-18-27-30(29(25)34-28)36-31(35-27,23-9-3-1-4-10-23)24-11-5-2-6-12-24/h1-6,9-18,28,32H,7-8,19-20H2. The Morgan fingerprint density at radius 3 is 2.08 bits per heavy atom. The molecule has 0 bridgehead atoms. The highest BCUT2D eigenvalue weighted by molar-refractivity contribution is 6.01. The summed E-state index contributed by atoms with van der Waals surface area (Å²) in [4.78, 5) is 13.2. The van der Waals surface area contributed by atoms with Gasteiger partial charge in [-0.1, -0.05) is 84.9 Å². The molecule has 0 saturated carbocycles. The molecule has 6 rings (SSSR count). The largest absolute Gasteiger partial charge is 0.480 e. The number of aryl methyl sites for hydroxylation is 1. The Hall–Kier alpha value is -4.09. The van der Waals surface area contributed by atoms with E-state index in [9.17, 15) is 4.79 Å². The van der Waals surface area contributed by atoms with Crippen LogP contribution in [-0.4, -0.2) is 17.5 Å². The predicted octanol–water partition coefficient (Wildman–Crippen LogP) is 5.99. The summed E-state index contributed by atoms with van der Waals surface area (Å²) in [5.41, 5.74) is 4.26. The number of carbonyl (C=O) groups is 1. The molecule has 0 aromatic heterocycles. The second-order valence-corrected chi connectivity index (χ2v) is 9.12. The summed E-state index contributed by atoms with van der Waals surface area (Å²) < 4.78 is 19.6. The third-order valence-corrected chi connectivity index (χ3v) is 6.79. The molecule has 0 aliphatic carbocycles. The van der Waals surface area contributed by atoms with E-state index in [2.05, 4.69) is 0 Å². The van der Waals surface area contributed by atoms with Crippen molar-refractivity contribution in [2.75, 3.05) is 6.61 Å². The van der Waals surface area contributed by atoms with Gasteiger partial charge in [0.25, 0.3) is 0 Å². The molecule has 0 radical (unpaired) electrons. The van der Waals surface area contributed by atoms with Crippen LogP contribution < -0.4 is 14.2 Å². The molecule has 5 nitrogen and oxygen atoms in total. The number of hydrogen-bond acceptors (Lipinski definition) is 5. The van der Waals surface area contributed by atoms with Gasteiger partial charge >= 0.3 is 5.79 Å². The van der Waals surface area contributed by atoms with Crippen molar-refractivity contribution in [1.82, 2.24) is 0 Å². The van der Waals surface area contributed by atoms with Crippen LogP contribution in [0, 0.1) is 0 Å². The Labute approximate surface area is 209 Å². The summed E-state index contributed by atoms with van der Waals surface area (Å²) in [7, 11) is 0. The van der Waals surface area contributed by atoms with Gasteiger partial charge in [0.2, 0.25) is 5.75 Å². The predicted molar refractivity (Wildman–Crippen MR) is 136 cm³/mol. The van der Waals surface area contributed by atoms with Gasteiger partial charge in [-0.15, -0.1) is 0 Å². The summed E-state index contributed by atoms with van der Waals surface area (Å²) in [6.45, 7) is 0.166. The van der Waals surface area contributed by atoms with Crippen LogP contribution >= 0.6 is 0 Å². The van der Waals surface area contributed by atoms with Crippen LogP contribution in [0.15, 0.2) is 97.1 Å². The monoisotopic (exact) mass is 478 g/mol. The van der Waals surface area contributed by atoms with Gasteiger partial charge in [0.15, 0.2) is 17.3 Å². The first-order valence-corrected chi connectivity index (χ1v) is 12.2. The first kappa shape index (κ1) is 22.4.